The monoisotopic (exact) mass is 311 g/mol. The van der Waals surface area contributed by atoms with Crippen molar-refractivity contribution in [3.8, 4) is 0 Å². The lowest BCUT2D eigenvalue weighted by Gasteiger charge is -2.05. The maximum atomic E-state index is 12.5. The molecule has 0 fully saturated rings. The minimum absolute atomic E-state index is 0.164. The summed E-state index contributed by atoms with van der Waals surface area (Å²) in [6.07, 6.45) is -0.868. The summed E-state index contributed by atoms with van der Waals surface area (Å²) < 4.78 is 37.6. The number of rotatable bonds is 3. The van der Waals surface area contributed by atoms with Crippen molar-refractivity contribution in [2.75, 3.05) is 0 Å². The molecule has 0 aliphatic carbocycles. The van der Waals surface area contributed by atoms with Crippen molar-refractivity contribution in [1.29, 1.82) is 0 Å². The fourth-order valence-corrected chi connectivity index (χ4v) is 1.94. The fraction of sp³-hybridized carbons (Fsp3) is 0.0667. The van der Waals surface area contributed by atoms with E-state index in [9.17, 15) is 18.0 Å². The van der Waals surface area contributed by atoms with Crippen molar-refractivity contribution in [1.82, 2.24) is 4.98 Å². The van der Waals surface area contributed by atoms with Gasteiger partial charge >= 0.3 is 6.18 Å². The van der Waals surface area contributed by atoms with Gasteiger partial charge < -0.3 is 0 Å². The van der Waals surface area contributed by atoms with Crippen molar-refractivity contribution in [2.45, 2.75) is 6.18 Å². The zero-order chi connectivity index (χ0) is 15.5. The molecule has 2 nitrogen and oxygen atoms in total. The number of hydrogen-bond donors (Lipinski definition) is 0. The molecule has 1 heterocycles. The molecule has 0 radical (unpaired) electrons. The Morgan fingerprint density at radius 3 is 2.43 bits per heavy atom. The number of carbonyl (C=O) groups excluding carboxylic acids is 1. The number of aldehydes is 1. The lowest BCUT2D eigenvalue weighted by Crippen LogP contribution is -2.07. The maximum Gasteiger partial charge on any atom is 0.433 e. The Balaban J connectivity index is 2.29. The van der Waals surface area contributed by atoms with E-state index in [2.05, 4.69) is 4.98 Å². The molecule has 2 aromatic rings. The molecular weight excluding hydrogens is 303 g/mol. The molecule has 0 N–H and O–H groups in total. The number of alkyl halides is 3. The Hall–Kier alpha value is -2.14. The molecule has 21 heavy (non-hydrogen) atoms. The van der Waals surface area contributed by atoms with Gasteiger partial charge in [0.1, 0.15) is 12.0 Å². The summed E-state index contributed by atoms with van der Waals surface area (Å²) in [4.78, 5) is 14.2. The van der Waals surface area contributed by atoms with Gasteiger partial charge in [-0.25, -0.2) is 4.98 Å². The van der Waals surface area contributed by atoms with Gasteiger partial charge in [0.15, 0.2) is 0 Å². The minimum Gasteiger partial charge on any atom is -0.298 e. The highest BCUT2D eigenvalue weighted by molar-refractivity contribution is 6.31. The van der Waals surface area contributed by atoms with Crippen LogP contribution in [0.1, 0.15) is 27.3 Å². The second kappa shape index (κ2) is 6.10. The third-order valence-corrected chi connectivity index (χ3v) is 2.80. The summed E-state index contributed by atoms with van der Waals surface area (Å²) in [6, 6.07) is 8.30. The van der Waals surface area contributed by atoms with Gasteiger partial charge in [-0.05, 0) is 42.0 Å². The topological polar surface area (TPSA) is 30.0 Å². The van der Waals surface area contributed by atoms with E-state index in [0.29, 0.717) is 22.4 Å². The van der Waals surface area contributed by atoms with E-state index < -0.39 is 11.9 Å². The van der Waals surface area contributed by atoms with E-state index in [1.807, 2.05) is 0 Å². The maximum absolute atomic E-state index is 12.5. The summed E-state index contributed by atoms with van der Waals surface area (Å²) in [6.45, 7) is 0. The van der Waals surface area contributed by atoms with Gasteiger partial charge in [-0.15, -0.1) is 0 Å². The first kappa shape index (κ1) is 15.3. The first-order valence-corrected chi connectivity index (χ1v) is 6.24. The number of aromatic nitrogens is 1. The summed E-state index contributed by atoms with van der Waals surface area (Å²) in [5, 5.41) is 0.372. The van der Waals surface area contributed by atoms with Crippen LogP contribution in [0, 0.1) is 0 Å². The van der Waals surface area contributed by atoms with Crippen molar-refractivity contribution >= 4 is 30.0 Å². The molecule has 6 heteroatoms. The summed E-state index contributed by atoms with van der Waals surface area (Å²) >= 11 is 5.84. The van der Waals surface area contributed by atoms with Crippen LogP contribution in [0.3, 0.4) is 0 Å². The van der Waals surface area contributed by atoms with E-state index in [-0.39, 0.29) is 5.69 Å². The van der Waals surface area contributed by atoms with Crippen LogP contribution in [0.2, 0.25) is 5.02 Å². The van der Waals surface area contributed by atoms with E-state index in [0.717, 1.165) is 6.07 Å². The van der Waals surface area contributed by atoms with Crippen molar-refractivity contribution in [3.63, 3.8) is 0 Å². The Morgan fingerprint density at radius 2 is 1.76 bits per heavy atom. The number of nitrogens with zero attached hydrogens (tertiary/aromatic N) is 1. The number of halogens is 4. The summed E-state index contributed by atoms with van der Waals surface area (Å²) in [5.41, 5.74) is 0.199. The Morgan fingerprint density at radius 1 is 1.05 bits per heavy atom. The number of pyridine rings is 1. The van der Waals surface area contributed by atoms with Crippen LogP contribution in [0.4, 0.5) is 13.2 Å². The van der Waals surface area contributed by atoms with Crippen LogP contribution in [0.15, 0.2) is 36.4 Å². The van der Waals surface area contributed by atoms with Crippen LogP contribution < -0.4 is 0 Å². The van der Waals surface area contributed by atoms with Gasteiger partial charge in [-0.2, -0.15) is 13.2 Å². The quantitative estimate of drug-likeness (QED) is 0.767. The Bertz CT molecular complexity index is 696. The van der Waals surface area contributed by atoms with Crippen LogP contribution in [-0.2, 0) is 6.18 Å². The van der Waals surface area contributed by atoms with Gasteiger partial charge in [0.25, 0.3) is 0 Å². The standard InChI is InChI=1S/C15H9ClF3NO/c16-12-7-10(6-11(8-12)9-21)4-5-13-2-1-3-14(20-13)15(17,18)19/h1-9H/b5-4+. The Kier molecular flexibility index (Phi) is 4.43. The molecule has 0 spiro atoms. The molecule has 0 saturated carbocycles. The molecule has 1 aromatic carbocycles. The van der Waals surface area contributed by atoms with Crippen LogP contribution in [-0.4, -0.2) is 11.3 Å². The molecular formula is C15H9ClF3NO. The highest BCUT2D eigenvalue weighted by atomic mass is 35.5. The molecule has 0 amide bonds. The molecule has 0 saturated heterocycles. The third-order valence-electron chi connectivity index (χ3n) is 2.59. The number of carbonyl (C=O) groups is 1. The molecule has 2 rings (SSSR count). The second-order valence-corrected chi connectivity index (χ2v) is 4.65. The van der Waals surface area contributed by atoms with E-state index in [4.69, 9.17) is 11.6 Å². The lowest BCUT2D eigenvalue weighted by molar-refractivity contribution is -0.141. The minimum atomic E-state index is -4.48. The molecule has 1 aromatic heterocycles. The van der Waals surface area contributed by atoms with Crippen LogP contribution >= 0.6 is 11.6 Å². The van der Waals surface area contributed by atoms with Gasteiger partial charge in [-0.3, -0.25) is 4.79 Å². The molecule has 0 unspecified atom stereocenters. The zero-order valence-electron chi connectivity index (χ0n) is 10.6. The first-order chi connectivity index (χ1) is 9.88. The van der Waals surface area contributed by atoms with Crippen LogP contribution in [0.5, 0.6) is 0 Å². The third kappa shape index (κ3) is 4.16. The zero-order valence-corrected chi connectivity index (χ0v) is 11.3. The lowest BCUT2D eigenvalue weighted by atomic mass is 10.1. The first-order valence-electron chi connectivity index (χ1n) is 5.86. The average Bonchev–Trinajstić information content (AvgIpc) is 2.44. The van der Waals surface area contributed by atoms with E-state index >= 15 is 0 Å². The summed E-state index contributed by atoms with van der Waals surface area (Å²) in [5.74, 6) is 0. The predicted molar refractivity (Wildman–Crippen MR) is 75.0 cm³/mol. The molecule has 0 atom stereocenters. The summed E-state index contributed by atoms with van der Waals surface area (Å²) in [7, 11) is 0. The van der Waals surface area contributed by atoms with Crippen LogP contribution in [0.25, 0.3) is 12.2 Å². The Labute approximate surface area is 123 Å². The van der Waals surface area contributed by atoms with Crippen molar-refractivity contribution in [2.24, 2.45) is 0 Å². The van der Waals surface area contributed by atoms with Crippen molar-refractivity contribution < 1.29 is 18.0 Å². The van der Waals surface area contributed by atoms with Crippen molar-refractivity contribution in [3.05, 3.63) is 63.9 Å². The predicted octanol–water partition coefficient (Wildman–Crippen LogP) is 4.74. The van der Waals surface area contributed by atoms with Gasteiger partial charge in [-0.1, -0.05) is 23.7 Å². The van der Waals surface area contributed by atoms with E-state index in [1.165, 1.54) is 24.3 Å². The average molecular weight is 312 g/mol. The largest absolute Gasteiger partial charge is 0.433 e. The number of benzene rings is 1. The van der Waals surface area contributed by atoms with Gasteiger partial charge in [0.2, 0.25) is 0 Å². The van der Waals surface area contributed by atoms with E-state index in [1.54, 1.807) is 18.2 Å². The van der Waals surface area contributed by atoms with Gasteiger partial charge in [0.05, 0.1) is 5.69 Å². The normalized spacial score (nSPS) is 11.8. The highest BCUT2D eigenvalue weighted by Gasteiger charge is 2.32. The molecule has 108 valence electrons. The fourth-order valence-electron chi connectivity index (χ4n) is 1.68. The SMILES string of the molecule is O=Cc1cc(Cl)cc(/C=C/c2cccc(C(F)(F)F)n2)c1. The highest BCUT2D eigenvalue weighted by Crippen LogP contribution is 2.27. The van der Waals surface area contributed by atoms with Gasteiger partial charge in [0, 0.05) is 10.6 Å². The second-order valence-electron chi connectivity index (χ2n) is 4.21. The smallest absolute Gasteiger partial charge is 0.298 e. The molecule has 0 aliphatic heterocycles. The molecule has 0 bridgehead atoms. The number of hydrogen-bond acceptors (Lipinski definition) is 2. The molecule has 0 aliphatic rings.